The molecule has 7 aromatic carbocycles. The van der Waals surface area contributed by atoms with Crippen molar-refractivity contribution in [3.8, 4) is 62.7 Å². The third-order valence-electron chi connectivity index (χ3n) is 19.4. The molecule has 0 radical (unpaired) electrons. The van der Waals surface area contributed by atoms with Gasteiger partial charge < -0.3 is 43.0 Å². The number of ether oxygens (including phenoxy) is 7. The molecule has 15 rings (SSSR count). The Morgan fingerprint density at radius 1 is 0.470 bits per heavy atom. The zero-order valence-electron chi connectivity index (χ0n) is 66.5. The number of hydrogen-bond acceptors (Lipinski definition) is 23. The molecule has 5 aromatic heterocycles. The third-order valence-corrected chi connectivity index (χ3v) is 25.9. The highest BCUT2D eigenvalue weighted by Crippen LogP contribution is 2.47. The molecule has 0 aliphatic carbocycles. The van der Waals surface area contributed by atoms with Gasteiger partial charge in [-0.15, -0.1) is 33.7 Å². The molecule has 0 atom stereocenters. The average molecular weight is 1660 g/mol. The maximum atomic E-state index is 16.1. The van der Waals surface area contributed by atoms with Crippen molar-refractivity contribution in [3.63, 3.8) is 0 Å². The molecule has 3 aliphatic heterocycles. The molecule has 0 N–H and O–H groups in total. The summed E-state index contributed by atoms with van der Waals surface area (Å²) in [5.74, 6) is 3.77. The van der Waals surface area contributed by atoms with E-state index in [1.165, 1.54) is 32.1 Å². The van der Waals surface area contributed by atoms with Crippen LogP contribution in [0.5, 0.6) is 28.7 Å². The van der Waals surface area contributed by atoms with Crippen LogP contribution in [0.2, 0.25) is 0 Å². The molecule has 0 bridgehead atoms. The number of carbonyl (C=O) groups excluding carboxylic acids is 2. The number of azo groups is 1. The fourth-order valence-electron chi connectivity index (χ4n) is 13.5. The Labute approximate surface area is 687 Å². The molecule has 8 heterocycles. The van der Waals surface area contributed by atoms with Gasteiger partial charge in [0.1, 0.15) is 61.0 Å². The second-order valence-corrected chi connectivity index (χ2v) is 36.3. The Morgan fingerprint density at radius 2 is 0.838 bits per heavy atom. The number of likely N-dealkylation sites (tertiary alicyclic amines) is 2. The second kappa shape index (κ2) is 35.0. The minimum absolute atomic E-state index is 0.0222. The number of amides is 2. The van der Waals surface area contributed by atoms with Gasteiger partial charge in [-0.25, -0.2) is 46.1 Å². The van der Waals surface area contributed by atoms with E-state index >= 15 is 16.8 Å². The molecular formula is C85H89N15O13S4. The number of methoxy groups -OCH3 is 5. The number of carbonyl (C=O) groups is 2. The number of hydrogen-bond donors (Lipinski definition) is 0. The average Bonchev–Trinajstić information content (AvgIpc) is 1.73. The zero-order valence-corrected chi connectivity index (χ0v) is 69.8. The Balaban J connectivity index is 0.000000195. The number of aromatic nitrogens is 8. The van der Waals surface area contributed by atoms with Crippen molar-refractivity contribution in [2.24, 2.45) is 15.2 Å². The van der Waals surface area contributed by atoms with Crippen LogP contribution in [0.15, 0.2) is 242 Å². The standard InChI is InChI=1S/C46H48N8O7S2.C39H41N7O6S2/c1-46(2,3)61-45(55)51-29-37(30-51)62-40-23-22-38(39-25-47-41-9-7-8-24-53(39)41)42(44-48-49-50-54(44)28-33-14-20-36(60-6)21-15-33)43(40)63(56,57)52(26-31-10-16-34(58-4)17-11-31)27-32-12-18-35(59-5)19-13-32;1-39(2,3)52-38(47)44-23-30(24-44)53-33-18-17-31(32-20-40-34-8-6-7-19-46(32)34)35(37-41-25-42-43-37)36(33)54(48,49)45(21-26-9-13-28(50-4)14-10-26)22-27-11-15-29(51-5)16-12-27/h7-25,37H,26-30H2,1-6H3;6-20,30H,21-25H2,1-5H3. The van der Waals surface area contributed by atoms with Gasteiger partial charge in [-0.1, -0.05) is 84.9 Å². The van der Waals surface area contributed by atoms with Gasteiger partial charge in [-0.05, 0) is 177 Å². The number of sulfonamides is 2. The zero-order chi connectivity index (χ0) is 82.3. The van der Waals surface area contributed by atoms with E-state index < -0.39 is 43.4 Å². The van der Waals surface area contributed by atoms with Crippen molar-refractivity contribution in [2.45, 2.75) is 116 Å². The first kappa shape index (κ1) is 81.9. The predicted molar refractivity (Wildman–Crippen MR) is 446 cm³/mol. The van der Waals surface area contributed by atoms with Crippen molar-refractivity contribution in [2.75, 3.05) is 68.4 Å². The van der Waals surface area contributed by atoms with Gasteiger partial charge in [0, 0.05) is 96.2 Å². The molecule has 2 saturated heterocycles. The summed E-state index contributed by atoms with van der Waals surface area (Å²) in [5.41, 5.74) is 7.10. The molecule has 606 valence electrons. The lowest BCUT2D eigenvalue weighted by Crippen LogP contribution is -2.53. The summed E-state index contributed by atoms with van der Waals surface area (Å²) >= 11 is 2.80. The van der Waals surface area contributed by atoms with Crippen LogP contribution in [-0.2, 0) is 62.2 Å². The molecule has 12 aromatic rings. The van der Waals surface area contributed by atoms with E-state index in [1.807, 2.05) is 245 Å². The molecule has 32 heteroatoms. The van der Waals surface area contributed by atoms with E-state index in [4.69, 9.17) is 38.1 Å². The van der Waals surface area contributed by atoms with Crippen LogP contribution in [0.3, 0.4) is 0 Å². The van der Waals surface area contributed by atoms with Gasteiger partial charge in [-0.3, -0.25) is 8.80 Å². The first-order valence-corrected chi connectivity index (χ1v) is 42.2. The summed E-state index contributed by atoms with van der Waals surface area (Å²) in [5, 5.41) is 21.4. The number of fused-ring (bicyclic) bond motifs is 2. The molecule has 117 heavy (non-hydrogen) atoms. The van der Waals surface area contributed by atoms with Crippen molar-refractivity contribution in [1.29, 1.82) is 0 Å². The van der Waals surface area contributed by atoms with E-state index in [-0.39, 0.29) is 71.3 Å². The third kappa shape index (κ3) is 18.8. The highest BCUT2D eigenvalue weighted by molar-refractivity contribution is 8.01. The number of tetrazole rings is 1. The van der Waals surface area contributed by atoms with Crippen molar-refractivity contribution in [1.82, 2.24) is 57.4 Å². The topological polar surface area (TPSA) is 295 Å². The maximum Gasteiger partial charge on any atom is 0.410 e. The van der Waals surface area contributed by atoms with E-state index in [0.717, 1.165) is 27.8 Å². The predicted octanol–water partition coefficient (Wildman–Crippen LogP) is 15.1. The van der Waals surface area contributed by atoms with Crippen LogP contribution in [0.4, 0.5) is 9.59 Å². The largest absolute Gasteiger partial charge is 0.497 e. The number of amidine groups is 1. The number of nitrogens with zero attached hydrogens (tertiary/aromatic N) is 15. The van der Waals surface area contributed by atoms with Crippen LogP contribution in [0.25, 0.3) is 45.2 Å². The van der Waals surface area contributed by atoms with E-state index in [2.05, 4.69) is 35.7 Å². The lowest BCUT2D eigenvalue weighted by Gasteiger charge is -2.39. The Kier molecular flexibility index (Phi) is 24.5. The highest BCUT2D eigenvalue weighted by atomic mass is 32.2. The second-order valence-electron chi connectivity index (χ2n) is 29.8. The van der Waals surface area contributed by atoms with Crippen LogP contribution >= 0.6 is 23.5 Å². The molecule has 3 aliphatic rings. The van der Waals surface area contributed by atoms with Crippen molar-refractivity contribution >= 4 is 72.9 Å². The Bertz CT molecular complexity index is 5760. The van der Waals surface area contributed by atoms with Gasteiger partial charge in [-0.2, -0.15) is 13.7 Å². The van der Waals surface area contributed by atoms with Gasteiger partial charge in [0.15, 0.2) is 18.3 Å². The van der Waals surface area contributed by atoms with Gasteiger partial charge >= 0.3 is 12.2 Å². The fraction of sp³-hybridized carbons (Fsp3) is 0.294. The molecule has 2 fully saturated rings. The van der Waals surface area contributed by atoms with Crippen LogP contribution in [-0.4, -0.2) is 182 Å². The molecule has 0 unspecified atom stereocenters. The minimum Gasteiger partial charge on any atom is -0.497 e. The molecule has 0 saturated carbocycles. The van der Waals surface area contributed by atoms with Crippen LogP contribution < -0.4 is 23.7 Å². The smallest absolute Gasteiger partial charge is 0.410 e. The molecular weight excluding hydrogens is 1570 g/mol. The summed E-state index contributed by atoms with van der Waals surface area (Å²) in [4.78, 5) is 44.1. The first-order valence-electron chi connectivity index (χ1n) is 37.6. The van der Waals surface area contributed by atoms with Crippen LogP contribution in [0.1, 0.15) is 74.9 Å². The minimum atomic E-state index is -4.48. The molecule has 2 amide bonds. The van der Waals surface area contributed by atoms with E-state index in [1.54, 1.807) is 62.4 Å². The van der Waals surface area contributed by atoms with E-state index in [0.29, 0.717) is 110 Å². The highest BCUT2D eigenvalue weighted by Gasteiger charge is 2.42. The van der Waals surface area contributed by atoms with Crippen molar-refractivity contribution in [3.05, 3.63) is 240 Å². The fourth-order valence-corrected chi connectivity index (χ4v) is 20.2. The van der Waals surface area contributed by atoms with Gasteiger partial charge in [0.2, 0.25) is 20.0 Å². The van der Waals surface area contributed by atoms with Gasteiger partial charge in [0.05, 0.1) is 77.0 Å². The number of rotatable bonds is 27. The quantitative estimate of drug-likeness (QED) is 0.0462. The molecule has 28 nitrogen and oxygen atoms in total. The number of benzene rings is 7. The monoisotopic (exact) mass is 1660 g/mol. The number of imidazole rings is 2. The van der Waals surface area contributed by atoms with E-state index in [9.17, 15) is 9.59 Å². The summed E-state index contributed by atoms with van der Waals surface area (Å²) in [6.45, 7) is 12.9. The number of aliphatic imine (C=N–C) groups is 1. The summed E-state index contributed by atoms with van der Waals surface area (Å²) in [6.07, 6.45) is 6.40. The lowest BCUT2D eigenvalue weighted by molar-refractivity contribution is 0.0134. The number of pyridine rings is 2. The molecule has 0 spiro atoms. The SMILES string of the molecule is COc1ccc(CN(Cc2ccc(OC)cc2)S(=O)(=O)c2c(SC3CN(C(=O)OC(C)(C)C)C3)ccc(-c3cnc4ccccn34)c2-c2nnnn2Cc2ccc(OC)cc2)cc1.COc1ccc(CN(Cc2ccc(OC)cc2)S(=O)(=O)c2c(SC3CN(C(=O)OC(C)(C)C)C3)ccc(-c3cnc4ccccn34)c2C2=NCN=N2)cc1. The van der Waals surface area contributed by atoms with Crippen molar-refractivity contribution < 1.29 is 59.6 Å². The maximum absolute atomic E-state index is 16.1. The number of thioether (sulfide) groups is 2. The van der Waals surface area contributed by atoms with Crippen LogP contribution in [0, 0.1) is 0 Å². The Morgan fingerprint density at radius 3 is 1.20 bits per heavy atom. The lowest BCUT2D eigenvalue weighted by atomic mass is 10.0. The summed E-state index contributed by atoms with van der Waals surface area (Å²) < 4.78 is 110. The van der Waals surface area contributed by atoms with Gasteiger partial charge in [0.25, 0.3) is 0 Å². The first-order chi connectivity index (χ1) is 56.3. The normalized spacial score (nSPS) is 13.9. The summed E-state index contributed by atoms with van der Waals surface area (Å²) in [6, 6.07) is 55.7. The Hall–Kier alpha value is -11.7. The summed E-state index contributed by atoms with van der Waals surface area (Å²) in [7, 11) is -0.865.